The van der Waals surface area contributed by atoms with E-state index in [4.69, 9.17) is 0 Å². The first kappa shape index (κ1) is 13.2. The van der Waals surface area contributed by atoms with Gasteiger partial charge in [0.25, 0.3) is 0 Å². The second-order valence-electron chi connectivity index (χ2n) is 4.10. The van der Waals surface area contributed by atoms with Crippen molar-refractivity contribution in [2.75, 3.05) is 5.75 Å². The van der Waals surface area contributed by atoms with Crippen molar-refractivity contribution in [3.8, 4) is 0 Å². The monoisotopic (exact) mass is 241 g/mol. The van der Waals surface area contributed by atoms with E-state index in [1.54, 1.807) is 6.92 Å². The second-order valence-corrected chi connectivity index (χ2v) is 6.20. The van der Waals surface area contributed by atoms with E-state index in [0.29, 0.717) is 6.54 Å². The van der Waals surface area contributed by atoms with Gasteiger partial charge in [-0.05, 0) is 44.4 Å². The van der Waals surface area contributed by atoms with Crippen molar-refractivity contribution >= 4 is 10.0 Å². The maximum Gasteiger partial charge on any atom is 0.211 e. The third-order valence-corrected chi connectivity index (χ3v) is 4.03. The van der Waals surface area contributed by atoms with Gasteiger partial charge in [0.15, 0.2) is 0 Å². The molecule has 1 rings (SSSR count). The lowest BCUT2D eigenvalue weighted by Gasteiger charge is -2.12. The van der Waals surface area contributed by atoms with Gasteiger partial charge >= 0.3 is 0 Å². The molecule has 0 aromatic heterocycles. The SMILES string of the molecule is CCS(=O)(=O)NCc1c(C)cc(C)cc1C. The number of rotatable bonds is 4. The smallest absolute Gasteiger partial charge is 0.211 e. The van der Waals surface area contributed by atoms with Gasteiger partial charge in [-0.3, -0.25) is 0 Å². The van der Waals surface area contributed by atoms with Crippen molar-refractivity contribution in [3.63, 3.8) is 0 Å². The standard InChI is InChI=1S/C12H19NO2S/c1-5-16(14,15)13-8-12-10(3)6-9(2)7-11(12)4/h6-7,13H,5,8H2,1-4H3. The van der Waals surface area contributed by atoms with Crippen molar-refractivity contribution < 1.29 is 8.42 Å². The molecule has 0 bridgehead atoms. The molecule has 0 amide bonds. The minimum Gasteiger partial charge on any atom is -0.212 e. The summed E-state index contributed by atoms with van der Waals surface area (Å²) in [6.45, 7) is 8.08. The fourth-order valence-electron chi connectivity index (χ4n) is 1.77. The number of aryl methyl sites for hydroxylation is 3. The van der Waals surface area contributed by atoms with Crippen molar-refractivity contribution in [3.05, 3.63) is 34.4 Å². The lowest BCUT2D eigenvalue weighted by molar-refractivity contribution is 0.582. The third kappa shape index (κ3) is 3.32. The first-order chi connectivity index (χ1) is 7.35. The van der Waals surface area contributed by atoms with Gasteiger partial charge in [0.1, 0.15) is 0 Å². The topological polar surface area (TPSA) is 46.2 Å². The van der Waals surface area contributed by atoms with Crippen LogP contribution in [-0.4, -0.2) is 14.2 Å². The Morgan fingerprint density at radius 1 is 1.12 bits per heavy atom. The van der Waals surface area contributed by atoms with Crippen LogP contribution in [0.25, 0.3) is 0 Å². The van der Waals surface area contributed by atoms with Crippen LogP contribution in [0.3, 0.4) is 0 Å². The zero-order valence-corrected chi connectivity index (χ0v) is 11.1. The van der Waals surface area contributed by atoms with E-state index in [0.717, 1.165) is 16.7 Å². The van der Waals surface area contributed by atoms with E-state index in [1.165, 1.54) is 5.56 Å². The molecule has 1 N–H and O–H groups in total. The maximum atomic E-state index is 11.4. The molecule has 0 saturated carbocycles. The van der Waals surface area contributed by atoms with Crippen LogP contribution >= 0.6 is 0 Å². The van der Waals surface area contributed by atoms with Crippen LogP contribution in [0.5, 0.6) is 0 Å². The van der Waals surface area contributed by atoms with Crippen LogP contribution in [0.15, 0.2) is 12.1 Å². The van der Waals surface area contributed by atoms with Gasteiger partial charge < -0.3 is 0 Å². The Balaban J connectivity index is 2.91. The number of nitrogens with one attached hydrogen (secondary N) is 1. The molecule has 16 heavy (non-hydrogen) atoms. The van der Waals surface area contributed by atoms with Gasteiger partial charge in [-0.25, -0.2) is 13.1 Å². The molecule has 3 nitrogen and oxygen atoms in total. The number of hydrogen-bond donors (Lipinski definition) is 1. The Labute approximate surface area is 97.9 Å². The quantitative estimate of drug-likeness (QED) is 0.877. The average Bonchev–Trinajstić information content (AvgIpc) is 2.16. The van der Waals surface area contributed by atoms with Crippen LogP contribution in [0, 0.1) is 20.8 Å². The Bertz CT molecular complexity index is 455. The summed E-state index contributed by atoms with van der Waals surface area (Å²) in [5.74, 6) is 0.122. The molecule has 0 radical (unpaired) electrons. The zero-order valence-electron chi connectivity index (χ0n) is 10.3. The Kier molecular flexibility index (Phi) is 4.10. The van der Waals surface area contributed by atoms with Crippen LogP contribution < -0.4 is 4.72 Å². The third-order valence-electron chi connectivity index (χ3n) is 2.69. The lowest BCUT2D eigenvalue weighted by atomic mass is 10.0. The number of benzene rings is 1. The van der Waals surface area contributed by atoms with Gasteiger partial charge in [-0.1, -0.05) is 17.7 Å². The first-order valence-corrected chi connectivity index (χ1v) is 7.05. The van der Waals surface area contributed by atoms with Gasteiger partial charge in [0.05, 0.1) is 5.75 Å². The summed E-state index contributed by atoms with van der Waals surface area (Å²) in [4.78, 5) is 0. The normalized spacial score (nSPS) is 11.8. The minimum atomic E-state index is -3.11. The molecular formula is C12H19NO2S. The van der Waals surface area contributed by atoms with Gasteiger partial charge in [-0.15, -0.1) is 0 Å². The molecule has 1 aromatic rings. The summed E-state index contributed by atoms with van der Waals surface area (Å²) in [5, 5.41) is 0. The highest BCUT2D eigenvalue weighted by Crippen LogP contribution is 2.16. The van der Waals surface area contributed by atoms with Gasteiger partial charge in [0.2, 0.25) is 10.0 Å². The van der Waals surface area contributed by atoms with Gasteiger partial charge in [-0.2, -0.15) is 0 Å². The largest absolute Gasteiger partial charge is 0.212 e. The molecule has 0 fully saturated rings. The molecule has 0 spiro atoms. The summed E-state index contributed by atoms with van der Waals surface area (Å²) in [7, 11) is -3.11. The summed E-state index contributed by atoms with van der Waals surface area (Å²) in [5.41, 5.74) is 4.55. The van der Waals surface area contributed by atoms with Crippen LogP contribution in [0.2, 0.25) is 0 Å². The second kappa shape index (κ2) is 4.97. The van der Waals surface area contributed by atoms with E-state index in [-0.39, 0.29) is 5.75 Å². The van der Waals surface area contributed by atoms with Crippen molar-refractivity contribution in [1.29, 1.82) is 0 Å². The van der Waals surface area contributed by atoms with Crippen molar-refractivity contribution in [2.45, 2.75) is 34.2 Å². The van der Waals surface area contributed by atoms with Crippen molar-refractivity contribution in [1.82, 2.24) is 4.72 Å². The summed E-state index contributed by atoms with van der Waals surface area (Å²) < 4.78 is 25.3. The molecule has 0 atom stereocenters. The zero-order chi connectivity index (χ0) is 12.3. The van der Waals surface area contributed by atoms with Gasteiger partial charge in [0, 0.05) is 6.54 Å². The highest BCUT2D eigenvalue weighted by atomic mass is 32.2. The summed E-state index contributed by atoms with van der Waals surface area (Å²) >= 11 is 0. The van der Waals surface area contributed by atoms with Crippen LogP contribution in [0.1, 0.15) is 29.2 Å². The highest BCUT2D eigenvalue weighted by molar-refractivity contribution is 7.89. The molecule has 0 aliphatic rings. The fourth-order valence-corrected chi connectivity index (χ4v) is 2.34. The molecule has 0 aliphatic heterocycles. The van der Waals surface area contributed by atoms with E-state index in [9.17, 15) is 8.42 Å². The first-order valence-electron chi connectivity index (χ1n) is 5.40. The predicted molar refractivity (Wildman–Crippen MR) is 67.0 cm³/mol. The molecule has 0 heterocycles. The van der Waals surface area contributed by atoms with E-state index < -0.39 is 10.0 Å². The summed E-state index contributed by atoms with van der Waals surface area (Å²) in [6, 6.07) is 4.14. The molecule has 0 aliphatic carbocycles. The molecule has 0 unspecified atom stereocenters. The van der Waals surface area contributed by atoms with E-state index >= 15 is 0 Å². The molecule has 4 heteroatoms. The molecule has 90 valence electrons. The molecular weight excluding hydrogens is 222 g/mol. The highest BCUT2D eigenvalue weighted by Gasteiger charge is 2.09. The maximum absolute atomic E-state index is 11.4. The Morgan fingerprint density at radius 3 is 2.06 bits per heavy atom. The molecule has 0 saturated heterocycles. The minimum absolute atomic E-state index is 0.122. The van der Waals surface area contributed by atoms with Crippen molar-refractivity contribution in [2.24, 2.45) is 0 Å². The Morgan fingerprint density at radius 2 is 1.62 bits per heavy atom. The fraction of sp³-hybridized carbons (Fsp3) is 0.500. The van der Waals surface area contributed by atoms with E-state index in [2.05, 4.69) is 16.9 Å². The number of hydrogen-bond acceptors (Lipinski definition) is 2. The van der Waals surface area contributed by atoms with Crippen LogP contribution in [-0.2, 0) is 16.6 Å². The summed E-state index contributed by atoms with van der Waals surface area (Å²) in [6.07, 6.45) is 0. The Hall–Kier alpha value is -0.870. The van der Waals surface area contributed by atoms with E-state index in [1.807, 2.05) is 20.8 Å². The molecule has 1 aromatic carbocycles. The lowest BCUT2D eigenvalue weighted by Crippen LogP contribution is -2.25. The average molecular weight is 241 g/mol. The number of sulfonamides is 1. The predicted octanol–water partition coefficient (Wildman–Crippen LogP) is 2.05. The van der Waals surface area contributed by atoms with Crippen LogP contribution in [0.4, 0.5) is 0 Å².